The highest BCUT2D eigenvalue weighted by atomic mass is 17.0. The predicted molar refractivity (Wildman–Crippen MR) is 59.5 cm³/mol. The first-order valence-electron chi connectivity index (χ1n) is 5.39. The van der Waals surface area contributed by atoms with Crippen LogP contribution in [0.5, 0.6) is 0 Å². The maximum Gasteiger partial charge on any atom is 0.328 e. The molecule has 0 bridgehead atoms. The van der Waals surface area contributed by atoms with E-state index in [-0.39, 0.29) is 12.1 Å². The van der Waals surface area contributed by atoms with Gasteiger partial charge in [-0.25, -0.2) is 0 Å². The number of hydrogen-bond donors (Lipinski definition) is 0. The summed E-state index contributed by atoms with van der Waals surface area (Å²) in [5.41, 5.74) is 1.01. The van der Waals surface area contributed by atoms with E-state index in [9.17, 15) is 4.79 Å². The second-order valence-electron chi connectivity index (χ2n) is 3.75. The molecule has 0 spiro atoms. The van der Waals surface area contributed by atoms with Crippen molar-refractivity contribution in [1.82, 2.24) is 5.23 Å². The van der Waals surface area contributed by atoms with Crippen molar-refractivity contribution < 1.29 is 19.2 Å². The van der Waals surface area contributed by atoms with E-state index >= 15 is 0 Å². The van der Waals surface area contributed by atoms with E-state index in [1.165, 1.54) is 19.4 Å². The minimum Gasteiger partial charge on any atom is -0.468 e. The van der Waals surface area contributed by atoms with Crippen LogP contribution in [-0.4, -0.2) is 31.5 Å². The lowest BCUT2D eigenvalue weighted by Crippen LogP contribution is -2.35. The van der Waals surface area contributed by atoms with Crippen LogP contribution in [0.2, 0.25) is 0 Å². The highest BCUT2D eigenvalue weighted by molar-refractivity contribution is 5.75. The quantitative estimate of drug-likeness (QED) is 0.745. The van der Waals surface area contributed by atoms with E-state index in [0.717, 1.165) is 5.56 Å². The van der Waals surface area contributed by atoms with E-state index < -0.39 is 6.04 Å². The van der Waals surface area contributed by atoms with Crippen molar-refractivity contribution >= 4 is 5.97 Å². The molecule has 1 fully saturated rings. The molecule has 0 N–H and O–H groups in total. The molecule has 0 amide bonds. The van der Waals surface area contributed by atoms with Crippen molar-refractivity contribution in [3.63, 3.8) is 0 Å². The van der Waals surface area contributed by atoms with Gasteiger partial charge in [-0.05, 0) is 5.56 Å². The molecule has 2 atom stereocenters. The fourth-order valence-electron chi connectivity index (χ4n) is 1.88. The molecule has 2 rings (SSSR count). The van der Waals surface area contributed by atoms with Crippen molar-refractivity contribution in [3.05, 3.63) is 35.9 Å². The van der Waals surface area contributed by atoms with Gasteiger partial charge in [-0.1, -0.05) is 35.6 Å². The number of hydroxylamine groups is 2. The van der Waals surface area contributed by atoms with Crippen LogP contribution in [-0.2, 0) is 19.2 Å². The monoisotopic (exact) mass is 237 g/mol. The molecular formula is C12H15NO4. The van der Waals surface area contributed by atoms with Crippen LogP contribution >= 0.6 is 0 Å². The van der Waals surface area contributed by atoms with Gasteiger partial charge in [0.15, 0.2) is 6.04 Å². The second-order valence-corrected chi connectivity index (χ2v) is 3.75. The Kier molecular flexibility index (Phi) is 3.73. The van der Waals surface area contributed by atoms with Crippen LogP contribution < -0.4 is 0 Å². The van der Waals surface area contributed by atoms with Crippen LogP contribution in [0.25, 0.3) is 0 Å². The summed E-state index contributed by atoms with van der Waals surface area (Å²) < 4.78 is 4.71. The molecule has 1 aliphatic rings. The maximum atomic E-state index is 11.5. The Bertz CT molecular complexity index is 381. The predicted octanol–water partition coefficient (Wildman–Crippen LogP) is 1.47. The van der Waals surface area contributed by atoms with Crippen molar-refractivity contribution in [2.45, 2.75) is 18.6 Å². The number of carbonyl (C=O) groups excluding carboxylic acids is 1. The fraction of sp³-hybridized carbons (Fsp3) is 0.417. The summed E-state index contributed by atoms with van der Waals surface area (Å²) in [5, 5.41) is 1.20. The first-order valence-corrected chi connectivity index (χ1v) is 5.39. The zero-order chi connectivity index (χ0) is 12.3. The van der Waals surface area contributed by atoms with Gasteiger partial charge in [0, 0.05) is 6.42 Å². The van der Waals surface area contributed by atoms with Crippen molar-refractivity contribution in [3.8, 4) is 0 Å². The Morgan fingerprint density at radius 3 is 2.65 bits per heavy atom. The van der Waals surface area contributed by atoms with Crippen molar-refractivity contribution in [1.29, 1.82) is 0 Å². The summed E-state index contributed by atoms with van der Waals surface area (Å²) in [4.78, 5) is 22.1. The average molecular weight is 237 g/mol. The fourth-order valence-corrected chi connectivity index (χ4v) is 1.88. The molecule has 1 aliphatic heterocycles. The van der Waals surface area contributed by atoms with Crippen LogP contribution in [0.15, 0.2) is 30.3 Å². The molecule has 1 aromatic rings. The topological polar surface area (TPSA) is 48.0 Å². The lowest BCUT2D eigenvalue weighted by molar-refractivity contribution is -0.355. The highest BCUT2D eigenvalue weighted by Crippen LogP contribution is 2.33. The zero-order valence-corrected chi connectivity index (χ0v) is 9.83. The molecule has 1 heterocycles. The minimum atomic E-state index is -0.518. The second kappa shape index (κ2) is 5.27. The van der Waals surface area contributed by atoms with Crippen LogP contribution in [0.1, 0.15) is 18.1 Å². The summed E-state index contributed by atoms with van der Waals surface area (Å²) in [5.74, 6) is -0.356. The van der Waals surface area contributed by atoms with Gasteiger partial charge in [-0.2, -0.15) is 0 Å². The van der Waals surface area contributed by atoms with Crippen molar-refractivity contribution in [2.24, 2.45) is 0 Å². The standard InChI is InChI=1S/C12H15NO4/c1-15-12(14)10-8-11(17-13(10)16-2)9-6-4-3-5-7-9/h3-7,10-11H,8H2,1-2H3/t10-,11+/m1/s1. The number of rotatable bonds is 3. The number of benzene rings is 1. The van der Waals surface area contributed by atoms with Gasteiger partial charge in [-0.15, -0.1) is 0 Å². The molecule has 5 heteroatoms. The molecule has 5 nitrogen and oxygen atoms in total. The van der Waals surface area contributed by atoms with Crippen LogP contribution in [0.3, 0.4) is 0 Å². The van der Waals surface area contributed by atoms with E-state index in [4.69, 9.17) is 14.4 Å². The van der Waals surface area contributed by atoms with Crippen LogP contribution in [0.4, 0.5) is 0 Å². The van der Waals surface area contributed by atoms with Gasteiger partial charge in [0.05, 0.1) is 14.2 Å². The zero-order valence-electron chi connectivity index (χ0n) is 9.83. The Morgan fingerprint density at radius 2 is 2.06 bits per heavy atom. The molecule has 0 aromatic heterocycles. The minimum absolute atomic E-state index is 0.180. The number of carbonyl (C=O) groups is 1. The van der Waals surface area contributed by atoms with Gasteiger partial charge >= 0.3 is 5.97 Å². The van der Waals surface area contributed by atoms with E-state index in [1.807, 2.05) is 30.3 Å². The summed E-state index contributed by atoms with van der Waals surface area (Å²) >= 11 is 0. The molecule has 0 aliphatic carbocycles. The highest BCUT2D eigenvalue weighted by Gasteiger charge is 2.40. The number of nitrogens with zero attached hydrogens (tertiary/aromatic N) is 1. The molecular weight excluding hydrogens is 222 g/mol. The molecule has 0 unspecified atom stereocenters. The smallest absolute Gasteiger partial charge is 0.328 e. The summed E-state index contributed by atoms with van der Waals surface area (Å²) in [6, 6.07) is 9.19. The van der Waals surface area contributed by atoms with Gasteiger partial charge in [0.25, 0.3) is 0 Å². The Balaban J connectivity index is 2.12. The third-order valence-electron chi connectivity index (χ3n) is 2.75. The lowest BCUT2D eigenvalue weighted by Gasteiger charge is -2.17. The SMILES string of the molecule is COC(=O)[C@H]1C[C@@H](c2ccccc2)ON1OC. The van der Waals surface area contributed by atoms with Gasteiger partial charge in [0.2, 0.25) is 0 Å². The number of hydrogen-bond acceptors (Lipinski definition) is 5. The normalized spacial score (nSPS) is 24.8. The van der Waals surface area contributed by atoms with Gasteiger partial charge < -0.3 is 4.74 Å². The Hall–Kier alpha value is -1.43. The first kappa shape index (κ1) is 12.0. The average Bonchev–Trinajstić information content (AvgIpc) is 2.83. The van der Waals surface area contributed by atoms with Crippen molar-refractivity contribution in [2.75, 3.05) is 14.2 Å². The summed E-state index contributed by atoms with van der Waals surface area (Å²) in [6.45, 7) is 0. The molecule has 17 heavy (non-hydrogen) atoms. The summed E-state index contributed by atoms with van der Waals surface area (Å²) in [7, 11) is 2.81. The maximum absolute atomic E-state index is 11.5. The number of esters is 1. The van der Waals surface area contributed by atoms with Gasteiger partial charge in [-0.3, -0.25) is 14.5 Å². The number of ether oxygens (including phenoxy) is 1. The lowest BCUT2D eigenvalue weighted by atomic mass is 10.0. The Morgan fingerprint density at radius 1 is 1.35 bits per heavy atom. The summed E-state index contributed by atoms with van der Waals surface area (Å²) in [6.07, 6.45) is 0.338. The van der Waals surface area contributed by atoms with E-state index in [0.29, 0.717) is 6.42 Å². The van der Waals surface area contributed by atoms with Crippen LogP contribution in [0, 0.1) is 0 Å². The third kappa shape index (κ3) is 2.46. The largest absolute Gasteiger partial charge is 0.468 e. The molecule has 0 saturated carbocycles. The first-order chi connectivity index (χ1) is 8.26. The number of methoxy groups -OCH3 is 1. The Labute approximate surface area is 99.8 Å². The third-order valence-corrected chi connectivity index (χ3v) is 2.75. The molecule has 1 aromatic carbocycles. The molecule has 92 valence electrons. The van der Waals surface area contributed by atoms with Gasteiger partial charge in [0.1, 0.15) is 6.10 Å². The van der Waals surface area contributed by atoms with E-state index in [2.05, 4.69) is 0 Å². The molecule has 0 radical (unpaired) electrons. The van der Waals surface area contributed by atoms with E-state index in [1.54, 1.807) is 0 Å². The molecule has 1 saturated heterocycles.